The van der Waals surface area contributed by atoms with Crippen LogP contribution >= 0.6 is 0 Å². The second-order valence-electron chi connectivity index (χ2n) is 4.42. The van der Waals surface area contributed by atoms with Crippen LogP contribution < -0.4 is 15.4 Å². The van der Waals surface area contributed by atoms with Gasteiger partial charge >= 0.3 is 0 Å². The maximum absolute atomic E-state index is 12.0. The van der Waals surface area contributed by atoms with Gasteiger partial charge in [0.2, 0.25) is 11.7 Å². The number of ketones is 2. The van der Waals surface area contributed by atoms with Gasteiger partial charge in [0.15, 0.2) is 5.78 Å². The van der Waals surface area contributed by atoms with E-state index < -0.39 is 11.7 Å². The Morgan fingerprint density at radius 1 is 1.24 bits per heavy atom. The number of nitrogens with two attached hydrogens (primary N) is 1. The predicted octanol–water partition coefficient (Wildman–Crippen LogP) is 1.22. The van der Waals surface area contributed by atoms with E-state index in [0.29, 0.717) is 17.1 Å². The zero-order valence-corrected chi connectivity index (χ0v) is 11.6. The molecule has 21 heavy (non-hydrogen) atoms. The second-order valence-corrected chi connectivity index (χ2v) is 4.42. The first-order valence-electron chi connectivity index (χ1n) is 6.16. The lowest BCUT2D eigenvalue weighted by atomic mass is 10.1. The number of hydrogen-bond donors (Lipinski definition) is 1. The summed E-state index contributed by atoms with van der Waals surface area (Å²) in [6.07, 6.45) is 3.42. The number of anilines is 2. The molecule has 0 fully saturated rings. The summed E-state index contributed by atoms with van der Waals surface area (Å²) in [5.74, 6) is -0.865. The van der Waals surface area contributed by atoms with Gasteiger partial charge in [0.1, 0.15) is 11.4 Å². The van der Waals surface area contributed by atoms with Crippen LogP contribution in [0, 0.1) is 0 Å². The van der Waals surface area contributed by atoms with Crippen molar-refractivity contribution in [3.63, 3.8) is 0 Å². The first kappa shape index (κ1) is 14.5. The molecule has 0 heterocycles. The molecule has 2 N–H and O–H groups in total. The van der Waals surface area contributed by atoms with E-state index in [1.165, 1.54) is 20.1 Å². The van der Waals surface area contributed by atoms with Crippen LogP contribution in [0.2, 0.25) is 0 Å². The Bertz CT molecular complexity index is 689. The van der Waals surface area contributed by atoms with Gasteiger partial charge in [-0.05, 0) is 24.3 Å². The number of hydrogen-bond acceptors (Lipinski definition) is 5. The molecule has 0 unspecified atom stereocenters. The first-order valence-corrected chi connectivity index (χ1v) is 6.16. The van der Waals surface area contributed by atoms with Gasteiger partial charge in [-0.15, -0.1) is 0 Å². The Morgan fingerprint density at radius 2 is 1.95 bits per heavy atom. The van der Waals surface area contributed by atoms with E-state index in [2.05, 4.69) is 0 Å². The number of ether oxygens (including phenoxy) is 1. The van der Waals surface area contributed by atoms with Crippen LogP contribution in [0.4, 0.5) is 11.4 Å². The molecule has 0 saturated heterocycles. The lowest BCUT2D eigenvalue weighted by Crippen LogP contribution is -2.33. The molecule has 0 atom stereocenters. The SMILES string of the molecule is COc1cc(N)ccc1N(C(C)=O)C1=CC(=O)C=CC1=O. The summed E-state index contributed by atoms with van der Waals surface area (Å²) in [6, 6.07) is 4.68. The van der Waals surface area contributed by atoms with Crippen LogP contribution in [0.5, 0.6) is 5.75 Å². The molecule has 6 nitrogen and oxygen atoms in total. The van der Waals surface area contributed by atoms with Gasteiger partial charge in [-0.3, -0.25) is 19.3 Å². The number of amides is 1. The average molecular weight is 286 g/mol. The monoisotopic (exact) mass is 286 g/mol. The van der Waals surface area contributed by atoms with E-state index in [9.17, 15) is 14.4 Å². The molecule has 1 amide bonds. The number of carbonyl (C=O) groups is 3. The highest BCUT2D eigenvalue weighted by atomic mass is 16.5. The number of nitrogens with zero attached hydrogens (tertiary/aromatic N) is 1. The number of allylic oxidation sites excluding steroid dienone is 3. The number of benzene rings is 1. The first-order chi connectivity index (χ1) is 9.93. The van der Waals surface area contributed by atoms with Gasteiger partial charge in [-0.2, -0.15) is 0 Å². The molecule has 0 bridgehead atoms. The molecule has 0 radical (unpaired) electrons. The van der Waals surface area contributed by atoms with Crippen molar-refractivity contribution in [3.8, 4) is 5.75 Å². The molecule has 1 aromatic rings. The topological polar surface area (TPSA) is 89.7 Å². The summed E-state index contributed by atoms with van der Waals surface area (Å²) in [5, 5.41) is 0. The van der Waals surface area contributed by atoms with Crippen molar-refractivity contribution in [2.75, 3.05) is 17.7 Å². The molecule has 0 saturated carbocycles. The average Bonchev–Trinajstić information content (AvgIpc) is 2.44. The van der Waals surface area contributed by atoms with Crippen molar-refractivity contribution in [3.05, 3.63) is 42.1 Å². The van der Waals surface area contributed by atoms with Gasteiger partial charge in [0, 0.05) is 24.8 Å². The van der Waals surface area contributed by atoms with Crippen molar-refractivity contribution in [2.24, 2.45) is 0 Å². The fourth-order valence-electron chi connectivity index (χ4n) is 2.02. The predicted molar refractivity (Wildman–Crippen MR) is 77.8 cm³/mol. The molecule has 1 aliphatic rings. The molecule has 0 spiro atoms. The molecule has 2 rings (SSSR count). The van der Waals surface area contributed by atoms with Gasteiger partial charge in [-0.25, -0.2) is 0 Å². The summed E-state index contributed by atoms with van der Waals surface area (Å²) in [4.78, 5) is 36.5. The Labute approximate surface area is 121 Å². The second kappa shape index (κ2) is 5.62. The lowest BCUT2D eigenvalue weighted by Gasteiger charge is -2.25. The number of carbonyl (C=O) groups excluding carboxylic acids is 3. The van der Waals surface area contributed by atoms with E-state index >= 15 is 0 Å². The van der Waals surface area contributed by atoms with Gasteiger partial charge in [0.05, 0.1) is 12.8 Å². The molecule has 6 heteroatoms. The van der Waals surface area contributed by atoms with Gasteiger partial charge in [0.25, 0.3) is 0 Å². The van der Waals surface area contributed by atoms with Crippen molar-refractivity contribution in [1.82, 2.24) is 0 Å². The summed E-state index contributed by atoms with van der Waals surface area (Å²) in [6.45, 7) is 1.30. The number of nitrogen functional groups attached to an aromatic ring is 1. The van der Waals surface area contributed by atoms with Crippen LogP contribution in [-0.4, -0.2) is 24.6 Å². The number of rotatable bonds is 3. The smallest absolute Gasteiger partial charge is 0.228 e. The summed E-state index contributed by atoms with van der Waals surface area (Å²) >= 11 is 0. The van der Waals surface area contributed by atoms with Crippen molar-refractivity contribution < 1.29 is 19.1 Å². The van der Waals surface area contributed by atoms with Crippen molar-refractivity contribution >= 4 is 28.8 Å². The Balaban J connectivity index is 2.58. The molecule has 0 aromatic heterocycles. The van der Waals surface area contributed by atoms with Crippen molar-refractivity contribution in [2.45, 2.75) is 6.92 Å². The highest BCUT2D eigenvalue weighted by Gasteiger charge is 2.26. The zero-order valence-electron chi connectivity index (χ0n) is 11.6. The number of methoxy groups -OCH3 is 1. The molecule has 1 aliphatic carbocycles. The normalized spacial score (nSPS) is 13.9. The van der Waals surface area contributed by atoms with Crippen molar-refractivity contribution in [1.29, 1.82) is 0 Å². The van der Waals surface area contributed by atoms with Crippen LogP contribution in [0.15, 0.2) is 42.1 Å². The summed E-state index contributed by atoms with van der Waals surface area (Å²) < 4.78 is 5.19. The Morgan fingerprint density at radius 3 is 2.57 bits per heavy atom. The third kappa shape index (κ3) is 2.84. The van der Waals surface area contributed by atoms with Crippen LogP contribution in [-0.2, 0) is 14.4 Å². The van der Waals surface area contributed by atoms with E-state index in [-0.39, 0.29) is 11.5 Å². The molecule has 0 aliphatic heterocycles. The minimum absolute atomic E-state index is 0.0157. The summed E-state index contributed by atoms with van der Waals surface area (Å²) in [7, 11) is 1.43. The van der Waals surface area contributed by atoms with Crippen LogP contribution in [0.1, 0.15) is 6.92 Å². The Hall–Kier alpha value is -2.89. The zero-order chi connectivity index (χ0) is 15.6. The third-order valence-electron chi connectivity index (χ3n) is 2.93. The molecule has 1 aromatic carbocycles. The third-order valence-corrected chi connectivity index (χ3v) is 2.93. The molecular weight excluding hydrogens is 272 g/mol. The van der Waals surface area contributed by atoms with Crippen LogP contribution in [0.3, 0.4) is 0 Å². The highest BCUT2D eigenvalue weighted by Crippen LogP contribution is 2.33. The standard InChI is InChI=1S/C15H14N2O4/c1-9(18)17(13-8-11(19)4-6-14(13)20)12-5-3-10(16)7-15(12)21-2/h3-8H,16H2,1-2H3. The van der Waals surface area contributed by atoms with E-state index in [0.717, 1.165) is 23.1 Å². The maximum Gasteiger partial charge on any atom is 0.228 e. The van der Waals surface area contributed by atoms with Gasteiger partial charge in [-0.1, -0.05) is 0 Å². The highest BCUT2D eigenvalue weighted by molar-refractivity contribution is 6.22. The molecule has 108 valence electrons. The quantitative estimate of drug-likeness (QED) is 0.666. The lowest BCUT2D eigenvalue weighted by molar-refractivity contribution is -0.118. The minimum atomic E-state index is -0.427. The van der Waals surface area contributed by atoms with E-state index in [1.807, 2.05) is 0 Å². The fourth-order valence-corrected chi connectivity index (χ4v) is 2.02. The van der Waals surface area contributed by atoms with Crippen LogP contribution in [0.25, 0.3) is 0 Å². The minimum Gasteiger partial charge on any atom is -0.494 e. The largest absolute Gasteiger partial charge is 0.494 e. The van der Waals surface area contributed by atoms with E-state index in [1.54, 1.807) is 12.1 Å². The Kier molecular flexibility index (Phi) is 3.89. The maximum atomic E-state index is 12.0. The van der Waals surface area contributed by atoms with E-state index in [4.69, 9.17) is 10.5 Å². The van der Waals surface area contributed by atoms with Gasteiger partial charge < -0.3 is 10.5 Å². The summed E-state index contributed by atoms with van der Waals surface area (Å²) in [5.41, 5.74) is 6.47. The molecular formula is C15H14N2O4. The fraction of sp³-hybridized carbons (Fsp3) is 0.133.